The maximum atomic E-state index is 7.58. The van der Waals surface area contributed by atoms with Gasteiger partial charge >= 0.3 is 0 Å². The van der Waals surface area contributed by atoms with Crippen LogP contribution in [0.25, 0.3) is 0 Å². The van der Waals surface area contributed by atoms with Crippen LogP contribution in [-0.4, -0.2) is 54.0 Å². The molecule has 0 aromatic carbocycles. The van der Waals surface area contributed by atoms with E-state index in [2.05, 4.69) is 50.2 Å². The highest BCUT2D eigenvalue weighted by Crippen LogP contribution is 2.14. The molecule has 0 aromatic rings. The second-order valence-corrected chi connectivity index (χ2v) is 6.05. The van der Waals surface area contributed by atoms with Crippen molar-refractivity contribution in [3.05, 3.63) is 0 Å². The normalized spacial score (nSPS) is 12.3. The predicted octanol–water partition coefficient (Wildman–Crippen LogP) is 2.16. The first-order valence-electron chi connectivity index (χ1n) is 7.02. The quantitative estimate of drug-likeness (QED) is 0.401. The number of guanidine groups is 1. The molecule has 3 unspecified atom stereocenters. The molecule has 122 valence electrons. The van der Waals surface area contributed by atoms with Crippen molar-refractivity contribution in [1.29, 1.82) is 5.41 Å². The first kappa shape index (κ1) is 20.7. The Morgan fingerprint density at radius 3 is 2.29 bits per heavy atom. The lowest BCUT2D eigenvalue weighted by Crippen LogP contribution is -2.35. The molecule has 6 nitrogen and oxygen atoms in total. The van der Waals surface area contributed by atoms with Gasteiger partial charge in [0.15, 0.2) is 0 Å². The number of rotatable bonds is 8. The van der Waals surface area contributed by atoms with Crippen LogP contribution < -0.4 is 5.32 Å². The molecule has 2 N–H and O–H groups in total. The van der Waals surface area contributed by atoms with E-state index in [0.29, 0.717) is 5.84 Å². The fraction of sp³-hybridized carbons (Fsp3) is 0.750. The second kappa shape index (κ2) is 12.3. The van der Waals surface area contributed by atoms with Crippen molar-refractivity contribution in [2.75, 3.05) is 27.2 Å². The van der Waals surface area contributed by atoms with Gasteiger partial charge in [-0.15, -0.1) is 0 Å². The van der Waals surface area contributed by atoms with E-state index in [1.165, 1.54) is 5.71 Å². The molecule has 0 rings (SSSR count). The number of aliphatic imine (C=N–C) groups is 1. The lowest BCUT2D eigenvalue weighted by Gasteiger charge is -2.28. The van der Waals surface area contributed by atoms with Crippen molar-refractivity contribution in [3.63, 3.8) is 0 Å². The summed E-state index contributed by atoms with van der Waals surface area (Å²) in [5, 5.41) is 10.4. The number of nitrogens with zero attached hydrogens (tertiary/aromatic N) is 4. The van der Waals surface area contributed by atoms with Crippen LogP contribution in [0, 0.1) is 5.41 Å². The van der Waals surface area contributed by atoms with Gasteiger partial charge in [0.2, 0.25) is 5.96 Å². The summed E-state index contributed by atoms with van der Waals surface area (Å²) in [6.07, 6.45) is 3.56. The number of amidine groups is 1. The number of nitrogens with one attached hydrogen (secondary N) is 2. The topological polar surface area (TPSA) is 67.1 Å². The zero-order valence-electron chi connectivity index (χ0n) is 13.3. The summed E-state index contributed by atoms with van der Waals surface area (Å²) in [6.45, 7) is 3.81. The van der Waals surface area contributed by atoms with Crippen LogP contribution in [0.15, 0.2) is 9.76 Å². The Labute approximate surface area is 135 Å². The summed E-state index contributed by atoms with van der Waals surface area (Å²) in [6, 6.07) is 0. The SMILES string of the molecule is CCC(CCN(P)C(=NP)N(P)CCCC(=N)NC)=NC. The maximum absolute atomic E-state index is 7.58. The Balaban J connectivity index is 4.32. The molecule has 9 heteroatoms. The Hall–Kier alpha value is -0.300. The van der Waals surface area contributed by atoms with Gasteiger partial charge in [0.05, 0.1) is 5.84 Å². The molecule has 0 radical (unpaired) electrons. The highest BCUT2D eigenvalue weighted by atomic mass is 31.0. The monoisotopic (exact) mass is 350 g/mol. The van der Waals surface area contributed by atoms with Crippen molar-refractivity contribution < 1.29 is 0 Å². The van der Waals surface area contributed by atoms with Crippen molar-refractivity contribution in [3.8, 4) is 0 Å². The fourth-order valence-corrected chi connectivity index (χ4v) is 3.20. The lowest BCUT2D eigenvalue weighted by molar-refractivity contribution is 0.548. The van der Waals surface area contributed by atoms with Crippen molar-refractivity contribution in [1.82, 2.24) is 14.7 Å². The molecule has 0 aliphatic carbocycles. The summed E-state index contributed by atoms with van der Waals surface area (Å²) >= 11 is 0. The average Bonchev–Trinajstić information content (AvgIpc) is 2.48. The Bertz CT molecular complexity index is 372. The second-order valence-electron chi connectivity index (χ2n) is 4.54. The van der Waals surface area contributed by atoms with E-state index in [4.69, 9.17) is 5.41 Å². The third-order valence-electron chi connectivity index (χ3n) is 3.12. The summed E-state index contributed by atoms with van der Waals surface area (Å²) in [5.41, 5.74) is 1.21. The van der Waals surface area contributed by atoms with E-state index in [1.54, 1.807) is 7.05 Å². The van der Waals surface area contributed by atoms with E-state index >= 15 is 0 Å². The van der Waals surface area contributed by atoms with Crippen molar-refractivity contribution in [2.45, 2.75) is 32.6 Å². The van der Waals surface area contributed by atoms with Crippen LogP contribution in [0.5, 0.6) is 0 Å². The first-order valence-corrected chi connectivity index (χ1v) is 8.57. The average molecular weight is 350 g/mol. The zero-order chi connectivity index (χ0) is 16.3. The van der Waals surface area contributed by atoms with Gasteiger partial charge in [-0.05, 0) is 41.0 Å². The van der Waals surface area contributed by atoms with Crippen molar-refractivity contribution >= 4 is 45.7 Å². The lowest BCUT2D eigenvalue weighted by atomic mass is 10.2. The molecule has 0 aliphatic rings. The summed E-state index contributed by atoms with van der Waals surface area (Å²) in [5.74, 6) is 1.43. The van der Waals surface area contributed by atoms with E-state index in [-0.39, 0.29) is 0 Å². The van der Waals surface area contributed by atoms with Gasteiger partial charge in [0, 0.05) is 45.7 Å². The van der Waals surface area contributed by atoms with Gasteiger partial charge in [-0.3, -0.25) is 10.4 Å². The standard InChI is InChI=1S/C12H29N6P3/c1-4-10(14-2)7-9-18(21)12(16-19)17(20)8-5-6-11(13)15-3/h4-9,19-21H2,1-3H3,(H2,13,15). The molecule has 0 aromatic heterocycles. The predicted molar refractivity (Wildman–Crippen MR) is 104 cm³/mol. The van der Waals surface area contributed by atoms with Crippen molar-refractivity contribution in [2.24, 2.45) is 9.76 Å². The molecule has 0 heterocycles. The summed E-state index contributed by atoms with van der Waals surface area (Å²) in [4.78, 5) is 4.27. The highest BCUT2D eigenvalue weighted by molar-refractivity contribution is 7.18. The van der Waals surface area contributed by atoms with Gasteiger partial charge in [-0.2, -0.15) is 0 Å². The minimum absolute atomic E-state index is 0.562. The molecule has 0 fully saturated rings. The zero-order valence-corrected chi connectivity index (χ0v) is 16.7. The van der Waals surface area contributed by atoms with Crippen LogP contribution in [0.2, 0.25) is 0 Å². The Morgan fingerprint density at radius 2 is 1.81 bits per heavy atom. The molecule has 3 atom stereocenters. The van der Waals surface area contributed by atoms with E-state index in [0.717, 1.165) is 44.7 Å². The van der Waals surface area contributed by atoms with E-state index < -0.39 is 0 Å². The molecule has 0 spiro atoms. The smallest absolute Gasteiger partial charge is 0.205 e. The van der Waals surface area contributed by atoms with Crippen LogP contribution in [0.3, 0.4) is 0 Å². The van der Waals surface area contributed by atoms with Crippen LogP contribution in [0.1, 0.15) is 32.6 Å². The fourth-order valence-electron chi connectivity index (χ4n) is 1.76. The first-order chi connectivity index (χ1) is 9.99. The van der Waals surface area contributed by atoms with Gasteiger partial charge in [0.25, 0.3) is 0 Å². The highest BCUT2D eigenvalue weighted by Gasteiger charge is 2.12. The molecule has 0 saturated carbocycles. The number of hydrogen-bond acceptors (Lipinski definition) is 3. The van der Waals surface area contributed by atoms with Gasteiger partial charge in [0.1, 0.15) is 0 Å². The minimum Gasteiger partial charge on any atom is -0.377 e. The molecule has 21 heavy (non-hydrogen) atoms. The van der Waals surface area contributed by atoms with Gasteiger partial charge in [-0.1, -0.05) is 6.92 Å². The summed E-state index contributed by atoms with van der Waals surface area (Å²) < 4.78 is 8.34. The van der Waals surface area contributed by atoms with Gasteiger partial charge in [-0.25, -0.2) is 4.76 Å². The van der Waals surface area contributed by atoms with Gasteiger partial charge < -0.3 is 14.7 Å². The molecule has 0 amide bonds. The third-order valence-corrected chi connectivity index (χ3v) is 4.33. The van der Waals surface area contributed by atoms with Crippen LogP contribution >= 0.6 is 28.2 Å². The molecule has 0 bridgehead atoms. The molecular weight excluding hydrogens is 321 g/mol. The molecule has 0 saturated heterocycles. The Morgan fingerprint density at radius 1 is 1.19 bits per heavy atom. The summed E-state index contributed by atoms with van der Waals surface area (Å²) in [7, 11) is 11.4. The number of hydrogen-bond donors (Lipinski definition) is 2. The molecule has 0 aliphatic heterocycles. The largest absolute Gasteiger partial charge is 0.377 e. The van der Waals surface area contributed by atoms with Crippen LogP contribution in [-0.2, 0) is 0 Å². The van der Waals surface area contributed by atoms with E-state index in [9.17, 15) is 0 Å². The third kappa shape index (κ3) is 8.66. The minimum atomic E-state index is 0.562. The van der Waals surface area contributed by atoms with Crippen LogP contribution in [0.4, 0.5) is 0 Å². The Kier molecular flexibility index (Phi) is 12.1. The maximum Gasteiger partial charge on any atom is 0.205 e. The van der Waals surface area contributed by atoms with E-state index in [1.807, 2.05) is 16.4 Å². The molecular formula is C12H29N6P3.